The van der Waals surface area contributed by atoms with E-state index in [4.69, 9.17) is 4.43 Å². The zero-order valence-corrected chi connectivity index (χ0v) is 17.7. The van der Waals surface area contributed by atoms with E-state index in [0.29, 0.717) is 11.8 Å². The SMILES string of the molecule is CCC(C)C(CC(C)CCO[SiH3])(c1ccccc1)c1ccccc1. The van der Waals surface area contributed by atoms with Crippen LogP contribution in [-0.2, 0) is 9.84 Å². The number of hydrogen-bond acceptors (Lipinski definition) is 1. The monoisotopic (exact) mass is 340 g/mol. The highest BCUT2D eigenvalue weighted by atomic mass is 28.2. The van der Waals surface area contributed by atoms with Crippen molar-refractivity contribution in [2.24, 2.45) is 11.8 Å². The van der Waals surface area contributed by atoms with Gasteiger partial charge in [0.1, 0.15) is 10.5 Å². The molecule has 2 aromatic rings. The lowest BCUT2D eigenvalue weighted by Gasteiger charge is -2.42. The minimum Gasteiger partial charge on any atom is -0.428 e. The highest BCUT2D eigenvalue weighted by molar-refractivity contribution is 5.97. The lowest BCUT2D eigenvalue weighted by atomic mass is 9.61. The summed E-state index contributed by atoms with van der Waals surface area (Å²) in [5, 5.41) is 0. The average molecular weight is 341 g/mol. The van der Waals surface area contributed by atoms with Gasteiger partial charge in [-0.2, -0.15) is 0 Å². The number of hydrogen-bond donors (Lipinski definition) is 0. The molecule has 1 nitrogen and oxygen atoms in total. The van der Waals surface area contributed by atoms with Crippen molar-refractivity contribution in [3.8, 4) is 0 Å². The maximum absolute atomic E-state index is 5.46. The van der Waals surface area contributed by atoms with Crippen LogP contribution in [0.2, 0.25) is 0 Å². The van der Waals surface area contributed by atoms with Crippen molar-refractivity contribution in [3.05, 3.63) is 71.8 Å². The van der Waals surface area contributed by atoms with Crippen LogP contribution in [0.25, 0.3) is 0 Å². The van der Waals surface area contributed by atoms with E-state index in [2.05, 4.69) is 81.4 Å². The lowest BCUT2D eigenvalue weighted by molar-refractivity contribution is 0.237. The van der Waals surface area contributed by atoms with Crippen LogP contribution in [0.4, 0.5) is 0 Å². The smallest absolute Gasteiger partial charge is 0.145 e. The van der Waals surface area contributed by atoms with Crippen LogP contribution in [0.1, 0.15) is 51.2 Å². The van der Waals surface area contributed by atoms with Gasteiger partial charge in [0, 0.05) is 12.0 Å². The summed E-state index contributed by atoms with van der Waals surface area (Å²) in [5.74, 6) is 1.22. The van der Waals surface area contributed by atoms with Crippen molar-refractivity contribution in [1.82, 2.24) is 0 Å². The third-order valence-corrected chi connectivity index (χ3v) is 5.92. The molecular weight excluding hydrogens is 308 g/mol. The topological polar surface area (TPSA) is 9.23 Å². The van der Waals surface area contributed by atoms with E-state index < -0.39 is 0 Å². The fourth-order valence-electron chi connectivity index (χ4n) is 3.96. The Kier molecular flexibility index (Phi) is 7.26. The molecule has 2 unspecified atom stereocenters. The molecule has 2 aromatic carbocycles. The van der Waals surface area contributed by atoms with E-state index in [0.717, 1.165) is 23.5 Å². The molecule has 0 radical (unpaired) electrons. The number of benzene rings is 2. The first-order valence-electron chi connectivity index (χ1n) is 9.25. The standard InChI is InChI=1S/C22H32OSi/c1-4-19(3)22(17-18(2)15-16-23-24,20-11-7-5-8-12-20)21-13-9-6-10-14-21/h5-14,18-19H,4,15-17H2,1-3,24H3. The van der Waals surface area contributed by atoms with Crippen molar-refractivity contribution in [2.45, 2.75) is 45.4 Å². The Morgan fingerprint density at radius 2 is 1.42 bits per heavy atom. The van der Waals surface area contributed by atoms with Gasteiger partial charge in [-0.15, -0.1) is 0 Å². The molecule has 0 amide bonds. The van der Waals surface area contributed by atoms with Crippen molar-refractivity contribution < 1.29 is 4.43 Å². The Morgan fingerprint density at radius 1 is 0.917 bits per heavy atom. The second-order valence-corrected chi connectivity index (χ2v) is 7.68. The highest BCUT2D eigenvalue weighted by Crippen LogP contribution is 2.46. The van der Waals surface area contributed by atoms with E-state index in [1.165, 1.54) is 24.0 Å². The van der Waals surface area contributed by atoms with Crippen LogP contribution >= 0.6 is 0 Å². The van der Waals surface area contributed by atoms with E-state index in [9.17, 15) is 0 Å². The Labute approximate surface area is 151 Å². The van der Waals surface area contributed by atoms with Gasteiger partial charge >= 0.3 is 0 Å². The van der Waals surface area contributed by atoms with Gasteiger partial charge < -0.3 is 4.43 Å². The molecule has 0 spiro atoms. The first kappa shape index (κ1) is 18.9. The van der Waals surface area contributed by atoms with Crippen LogP contribution < -0.4 is 0 Å². The second-order valence-electron chi connectivity index (χ2n) is 7.10. The molecule has 0 bridgehead atoms. The number of rotatable bonds is 9. The molecule has 0 aliphatic heterocycles. The Morgan fingerprint density at radius 3 is 1.83 bits per heavy atom. The Bertz CT molecular complexity index is 542. The second kappa shape index (κ2) is 9.19. The molecular formula is C22H32OSi. The summed E-state index contributed by atoms with van der Waals surface area (Å²) in [5.41, 5.74) is 2.97. The molecule has 0 aromatic heterocycles. The van der Waals surface area contributed by atoms with Crippen molar-refractivity contribution in [1.29, 1.82) is 0 Å². The van der Waals surface area contributed by atoms with Crippen LogP contribution in [-0.4, -0.2) is 17.1 Å². The van der Waals surface area contributed by atoms with Gasteiger partial charge in [0.05, 0.1) is 0 Å². The lowest BCUT2D eigenvalue weighted by Crippen LogP contribution is -2.37. The molecule has 24 heavy (non-hydrogen) atoms. The molecule has 130 valence electrons. The summed E-state index contributed by atoms with van der Waals surface area (Å²) >= 11 is 0. The summed E-state index contributed by atoms with van der Waals surface area (Å²) in [6.45, 7) is 8.00. The highest BCUT2D eigenvalue weighted by Gasteiger charge is 2.39. The minimum absolute atomic E-state index is 0.0713. The molecule has 0 aliphatic rings. The fraction of sp³-hybridized carbons (Fsp3) is 0.455. The molecule has 2 rings (SSSR count). The predicted molar refractivity (Wildman–Crippen MR) is 107 cm³/mol. The Balaban J connectivity index is 2.52. The van der Waals surface area contributed by atoms with Crippen LogP contribution in [0.5, 0.6) is 0 Å². The largest absolute Gasteiger partial charge is 0.428 e. The quantitative estimate of drug-likeness (QED) is 0.600. The van der Waals surface area contributed by atoms with Gasteiger partial charge in [-0.25, -0.2) is 0 Å². The maximum atomic E-state index is 5.46. The molecule has 2 atom stereocenters. The first-order valence-corrected chi connectivity index (χ1v) is 10.1. The van der Waals surface area contributed by atoms with Gasteiger partial charge in [0.25, 0.3) is 0 Å². The normalized spacial score (nSPS) is 14.5. The molecule has 2 heteroatoms. The van der Waals surface area contributed by atoms with Crippen LogP contribution in [0, 0.1) is 11.8 Å². The van der Waals surface area contributed by atoms with Gasteiger partial charge in [0.15, 0.2) is 0 Å². The van der Waals surface area contributed by atoms with Gasteiger partial charge in [0.2, 0.25) is 0 Å². The van der Waals surface area contributed by atoms with Gasteiger partial charge in [-0.1, -0.05) is 87.9 Å². The van der Waals surface area contributed by atoms with Crippen molar-refractivity contribution in [3.63, 3.8) is 0 Å². The van der Waals surface area contributed by atoms with Crippen LogP contribution in [0.15, 0.2) is 60.7 Å². The van der Waals surface area contributed by atoms with E-state index >= 15 is 0 Å². The molecule has 0 heterocycles. The van der Waals surface area contributed by atoms with Gasteiger partial charge in [-0.05, 0) is 35.8 Å². The average Bonchev–Trinajstić information content (AvgIpc) is 2.65. The van der Waals surface area contributed by atoms with E-state index in [1.54, 1.807) is 0 Å². The van der Waals surface area contributed by atoms with E-state index in [1.807, 2.05) is 0 Å². The summed E-state index contributed by atoms with van der Waals surface area (Å²) in [6, 6.07) is 22.2. The van der Waals surface area contributed by atoms with Crippen molar-refractivity contribution >= 4 is 10.5 Å². The minimum atomic E-state index is 0.0713. The molecule has 0 saturated carbocycles. The fourth-order valence-corrected chi connectivity index (χ4v) is 4.20. The zero-order chi connectivity index (χ0) is 17.4. The molecule has 0 aliphatic carbocycles. The van der Waals surface area contributed by atoms with E-state index in [-0.39, 0.29) is 5.41 Å². The van der Waals surface area contributed by atoms with Crippen molar-refractivity contribution in [2.75, 3.05) is 6.61 Å². The molecule has 0 fully saturated rings. The third-order valence-electron chi connectivity index (χ3n) is 5.52. The first-order chi connectivity index (χ1) is 11.6. The predicted octanol–water partition coefficient (Wildman–Crippen LogP) is 4.73. The zero-order valence-electron chi connectivity index (χ0n) is 15.7. The summed E-state index contributed by atoms with van der Waals surface area (Å²) in [4.78, 5) is 0. The third kappa shape index (κ3) is 4.17. The maximum Gasteiger partial charge on any atom is 0.145 e. The molecule has 0 N–H and O–H groups in total. The van der Waals surface area contributed by atoms with Crippen LogP contribution in [0.3, 0.4) is 0 Å². The summed E-state index contributed by atoms with van der Waals surface area (Å²) in [7, 11) is 0.835. The summed E-state index contributed by atoms with van der Waals surface area (Å²) < 4.78 is 5.46. The molecule has 0 saturated heterocycles. The Hall–Kier alpha value is -1.38. The van der Waals surface area contributed by atoms with Gasteiger partial charge in [-0.3, -0.25) is 0 Å². The summed E-state index contributed by atoms with van der Waals surface area (Å²) in [6.07, 6.45) is 3.48.